The number of urea groups is 1. The molecule has 2 aromatic heterocycles. The van der Waals surface area contributed by atoms with E-state index in [0.29, 0.717) is 36.3 Å². The standard InChI is InChI=1S/C52H62N12O5/c53-48-46-47(36-8-11-42(12-9-36)69-41-6-2-1-3-7-41)57-64(49(46)55-34-54-48)40-5-4-20-62(33-40)39-18-23-60(24-19-39)52(68)61-29-27-59(28-30-61)26-25-58-21-16-35(17-22-58)37-10-13-43-38(31-37)32-63(51(43)67)44-14-15-45(65)56-50(44)66/h1-3,6-13,31,34-35,39-40,44H,4-5,14-30,32-33H2,(H2,53,54,55)(H,56,65,66)/t40-,44?/m1/s1. The molecule has 2 atom stereocenters. The molecule has 17 nitrogen and oxygen atoms in total. The summed E-state index contributed by atoms with van der Waals surface area (Å²) in [5.74, 6) is 1.61. The minimum atomic E-state index is -0.592. The average Bonchev–Trinajstić information content (AvgIpc) is 3.94. The molecule has 5 amide bonds. The van der Waals surface area contributed by atoms with E-state index in [4.69, 9.17) is 20.6 Å². The highest BCUT2D eigenvalue weighted by atomic mass is 16.5. The number of anilines is 1. The molecule has 1 unspecified atom stereocenters. The third kappa shape index (κ3) is 9.39. The summed E-state index contributed by atoms with van der Waals surface area (Å²) in [5.41, 5.74) is 11.9. The molecule has 0 spiro atoms. The first kappa shape index (κ1) is 45.0. The minimum Gasteiger partial charge on any atom is -0.457 e. The number of nitrogens with two attached hydrogens (primary N) is 1. The highest BCUT2D eigenvalue weighted by Crippen LogP contribution is 2.37. The number of likely N-dealkylation sites (tertiary alicyclic amines) is 3. The van der Waals surface area contributed by atoms with Gasteiger partial charge in [-0.05, 0) is 124 Å². The van der Waals surface area contributed by atoms with E-state index in [9.17, 15) is 19.2 Å². The van der Waals surface area contributed by atoms with E-state index in [0.717, 1.165) is 156 Å². The number of nitrogens with one attached hydrogen (secondary N) is 1. The summed E-state index contributed by atoms with van der Waals surface area (Å²) in [7, 11) is 0. The van der Waals surface area contributed by atoms with Crippen molar-refractivity contribution in [2.75, 3.05) is 84.3 Å². The van der Waals surface area contributed by atoms with Crippen LogP contribution in [0.5, 0.6) is 11.5 Å². The van der Waals surface area contributed by atoms with Crippen molar-refractivity contribution in [2.24, 2.45) is 0 Å². The quantitative estimate of drug-likeness (QED) is 0.172. The van der Waals surface area contributed by atoms with Gasteiger partial charge in [0, 0.05) is 89.0 Å². The second-order valence-corrected chi connectivity index (χ2v) is 19.7. The van der Waals surface area contributed by atoms with Crippen molar-refractivity contribution in [3.63, 3.8) is 0 Å². The molecule has 5 aromatic rings. The molecular formula is C52H62N12O5. The molecule has 11 rings (SSSR count). The van der Waals surface area contributed by atoms with E-state index in [1.54, 1.807) is 4.90 Å². The van der Waals surface area contributed by atoms with Crippen LogP contribution in [0.3, 0.4) is 0 Å². The summed E-state index contributed by atoms with van der Waals surface area (Å²) in [6.45, 7) is 11.2. The molecule has 0 bridgehead atoms. The Morgan fingerprint density at radius 1 is 0.739 bits per heavy atom. The molecule has 69 heavy (non-hydrogen) atoms. The summed E-state index contributed by atoms with van der Waals surface area (Å²) in [5, 5.41) is 8.34. The van der Waals surface area contributed by atoms with Gasteiger partial charge >= 0.3 is 6.03 Å². The van der Waals surface area contributed by atoms with E-state index in [-0.39, 0.29) is 36.2 Å². The SMILES string of the molecule is Nc1ncnc2c1c(-c1ccc(Oc3ccccc3)cc1)nn2[C@@H]1CCCN(C2CCN(C(=O)N3CCN(CCN4CCC(c5ccc6c(c5)CN(C5CCC(=O)NC5=O)C6=O)CC4)CC3)CC2)C1. The molecule has 360 valence electrons. The number of carbonyl (C=O) groups is 4. The van der Waals surface area contributed by atoms with E-state index < -0.39 is 6.04 Å². The number of fused-ring (bicyclic) bond motifs is 2. The van der Waals surface area contributed by atoms with E-state index in [1.807, 2.05) is 60.7 Å². The minimum absolute atomic E-state index is 0.122. The Labute approximate surface area is 402 Å². The lowest BCUT2D eigenvalue weighted by Crippen LogP contribution is -2.56. The van der Waals surface area contributed by atoms with Crippen LogP contribution >= 0.6 is 0 Å². The molecule has 0 radical (unpaired) electrons. The second kappa shape index (κ2) is 19.5. The number of amides is 5. The fourth-order valence-electron chi connectivity index (χ4n) is 11.7. The van der Waals surface area contributed by atoms with Crippen LogP contribution in [0.15, 0.2) is 79.1 Å². The normalized spacial score (nSPS) is 22.6. The maximum Gasteiger partial charge on any atom is 0.320 e. The molecule has 3 N–H and O–H groups in total. The number of hydrogen-bond acceptors (Lipinski definition) is 12. The van der Waals surface area contributed by atoms with Crippen molar-refractivity contribution in [1.29, 1.82) is 0 Å². The first-order chi connectivity index (χ1) is 33.7. The third-order valence-corrected chi connectivity index (χ3v) is 15.6. The molecule has 5 fully saturated rings. The lowest BCUT2D eigenvalue weighted by atomic mass is 9.88. The van der Waals surface area contributed by atoms with Crippen molar-refractivity contribution in [3.8, 4) is 22.8 Å². The van der Waals surface area contributed by atoms with Crippen molar-refractivity contribution in [2.45, 2.75) is 82.0 Å². The van der Waals surface area contributed by atoms with Gasteiger partial charge in [-0.3, -0.25) is 29.5 Å². The van der Waals surface area contributed by atoms with Gasteiger partial charge in [0.2, 0.25) is 11.8 Å². The first-order valence-corrected chi connectivity index (χ1v) is 25.0. The molecule has 0 aliphatic carbocycles. The van der Waals surface area contributed by atoms with Crippen molar-refractivity contribution >= 4 is 40.6 Å². The Hall–Kier alpha value is -6.43. The number of nitrogen functional groups attached to an aromatic ring is 1. The number of aromatic nitrogens is 4. The first-order valence-electron chi connectivity index (χ1n) is 25.0. The topological polar surface area (TPSA) is 179 Å². The number of hydrogen-bond donors (Lipinski definition) is 2. The van der Waals surface area contributed by atoms with Crippen LogP contribution in [0.25, 0.3) is 22.3 Å². The molecule has 6 aliphatic heterocycles. The lowest BCUT2D eigenvalue weighted by molar-refractivity contribution is -0.136. The zero-order valence-electron chi connectivity index (χ0n) is 39.3. The van der Waals surface area contributed by atoms with Gasteiger partial charge in [0.15, 0.2) is 5.65 Å². The van der Waals surface area contributed by atoms with Crippen LogP contribution in [-0.4, -0.2) is 164 Å². The number of imide groups is 1. The van der Waals surface area contributed by atoms with Gasteiger partial charge < -0.3 is 30.1 Å². The van der Waals surface area contributed by atoms with Crippen LogP contribution in [-0.2, 0) is 16.1 Å². The van der Waals surface area contributed by atoms with E-state index in [2.05, 4.69) is 51.6 Å². The zero-order chi connectivity index (χ0) is 47.0. The third-order valence-electron chi connectivity index (χ3n) is 15.6. The Kier molecular flexibility index (Phi) is 12.7. The fourth-order valence-corrected chi connectivity index (χ4v) is 11.7. The van der Waals surface area contributed by atoms with Gasteiger partial charge in [0.1, 0.15) is 35.4 Å². The Morgan fingerprint density at radius 2 is 1.46 bits per heavy atom. The smallest absolute Gasteiger partial charge is 0.320 e. The number of carbonyl (C=O) groups excluding carboxylic acids is 4. The number of piperidine rings is 4. The van der Waals surface area contributed by atoms with Gasteiger partial charge in [-0.15, -0.1) is 0 Å². The number of benzene rings is 3. The van der Waals surface area contributed by atoms with Crippen LogP contribution in [0.2, 0.25) is 0 Å². The Morgan fingerprint density at radius 3 is 2.22 bits per heavy atom. The maximum absolute atomic E-state index is 13.8. The van der Waals surface area contributed by atoms with Crippen molar-refractivity contribution < 1.29 is 23.9 Å². The van der Waals surface area contributed by atoms with Gasteiger partial charge in [-0.25, -0.2) is 19.4 Å². The predicted molar refractivity (Wildman–Crippen MR) is 260 cm³/mol. The number of piperazine rings is 1. The predicted octanol–water partition coefficient (Wildman–Crippen LogP) is 5.35. The Balaban J connectivity index is 0.622. The van der Waals surface area contributed by atoms with Gasteiger partial charge in [-0.2, -0.15) is 5.10 Å². The zero-order valence-corrected chi connectivity index (χ0v) is 39.3. The monoisotopic (exact) mass is 934 g/mol. The molecule has 6 aliphatic rings. The number of rotatable bonds is 10. The Bertz CT molecular complexity index is 2690. The molecular weight excluding hydrogens is 873 g/mol. The highest BCUT2D eigenvalue weighted by Gasteiger charge is 2.40. The van der Waals surface area contributed by atoms with Crippen LogP contribution in [0.1, 0.15) is 84.8 Å². The molecule has 3 aromatic carbocycles. The second-order valence-electron chi connectivity index (χ2n) is 19.7. The summed E-state index contributed by atoms with van der Waals surface area (Å²) in [4.78, 5) is 73.7. The largest absolute Gasteiger partial charge is 0.457 e. The van der Waals surface area contributed by atoms with Crippen LogP contribution < -0.4 is 15.8 Å². The molecule has 17 heteroatoms. The van der Waals surface area contributed by atoms with Crippen LogP contribution in [0.4, 0.5) is 10.6 Å². The van der Waals surface area contributed by atoms with Crippen molar-refractivity contribution in [1.82, 2.24) is 54.5 Å². The summed E-state index contributed by atoms with van der Waals surface area (Å²) in [6, 6.07) is 24.0. The van der Waals surface area contributed by atoms with Crippen LogP contribution in [0, 0.1) is 0 Å². The molecule has 8 heterocycles. The lowest BCUT2D eigenvalue weighted by Gasteiger charge is -2.44. The van der Waals surface area contributed by atoms with Gasteiger partial charge in [0.25, 0.3) is 5.91 Å². The van der Waals surface area contributed by atoms with E-state index >= 15 is 0 Å². The van der Waals surface area contributed by atoms with E-state index in [1.165, 1.54) is 11.9 Å². The number of nitrogens with zero attached hydrogens (tertiary/aromatic N) is 10. The molecule has 0 saturated carbocycles. The summed E-state index contributed by atoms with van der Waals surface area (Å²) >= 11 is 0. The maximum atomic E-state index is 13.8. The van der Waals surface area contributed by atoms with Gasteiger partial charge in [-0.1, -0.05) is 30.3 Å². The fraction of sp³-hybridized carbons (Fsp3) is 0.481. The number of ether oxygens (including phenoxy) is 1. The van der Waals surface area contributed by atoms with Gasteiger partial charge in [0.05, 0.1) is 11.4 Å². The summed E-state index contributed by atoms with van der Waals surface area (Å²) < 4.78 is 8.12. The average molecular weight is 935 g/mol. The number of para-hydroxylation sites is 1. The summed E-state index contributed by atoms with van der Waals surface area (Å²) in [6.07, 6.45) is 8.27. The highest BCUT2D eigenvalue weighted by molar-refractivity contribution is 6.05. The molecule has 5 saturated heterocycles. The van der Waals surface area contributed by atoms with Crippen molar-refractivity contribution in [3.05, 3.63) is 95.8 Å².